The Kier molecular flexibility index (Phi) is 5.64. The molecule has 1 unspecified atom stereocenters. The highest BCUT2D eigenvalue weighted by atomic mass is 16.5. The largest absolute Gasteiger partial charge is 0.497 e. The van der Waals surface area contributed by atoms with Gasteiger partial charge >= 0.3 is 0 Å². The SMILES string of the molecule is COc1cccc(N2C(=O)CN(C(=O)COc3ccc(C)cc3)CC2C)c1. The first kappa shape index (κ1) is 18.8. The van der Waals surface area contributed by atoms with Crippen LogP contribution in [0, 0.1) is 6.92 Å². The van der Waals surface area contributed by atoms with Crippen LogP contribution in [0.1, 0.15) is 12.5 Å². The van der Waals surface area contributed by atoms with Gasteiger partial charge in [0.15, 0.2) is 6.61 Å². The zero-order valence-electron chi connectivity index (χ0n) is 15.8. The Morgan fingerprint density at radius 3 is 2.56 bits per heavy atom. The van der Waals surface area contributed by atoms with E-state index < -0.39 is 0 Å². The normalized spacial score (nSPS) is 17.0. The zero-order chi connectivity index (χ0) is 19.4. The molecule has 1 atom stereocenters. The molecule has 1 aliphatic rings. The van der Waals surface area contributed by atoms with Gasteiger partial charge in [0.2, 0.25) is 5.91 Å². The fourth-order valence-electron chi connectivity index (χ4n) is 3.17. The van der Waals surface area contributed by atoms with Crippen LogP contribution in [0.25, 0.3) is 0 Å². The van der Waals surface area contributed by atoms with Gasteiger partial charge in [0.25, 0.3) is 5.91 Å². The predicted octanol–water partition coefficient (Wildman–Crippen LogP) is 2.65. The molecule has 0 aliphatic carbocycles. The summed E-state index contributed by atoms with van der Waals surface area (Å²) in [5, 5.41) is 0. The van der Waals surface area contributed by atoms with Crippen LogP contribution in [0.5, 0.6) is 11.5 Å². The molecule has 142 valence electrons. The Bertz CT molecular complexity index is 819. The third-order valence-electron chi connectivity index (χ3n) is 4.59. The predicted molar refractivity (Wildman–Crippen MR) is 103 cm³/mol. The second-order valence-electron chi connectivity index (χ2n) is 6.69. The first-order valence-electron chi connectivity index (χ1n) is 8.91. The molecular weight excluding hydrogens is 344 g/mol. The molecule has 0 aromatic heterocycles. The summed E-state index contributed by atoms with van der Waals surface area (Å²) in [5.74, 6) is 1.02. The zero-order valence-corrected chi connectivity index (χ0v) is 15.8. The van der Waals surface area contributed by atoms with Gasteiger partial charge in [0.1, 0.15) is 18.0 Å². The van der Waals surface area contributed by atoms with Crippen molar-refractivity contribution in [1.29, 1.82) is 0 Å². The molecule has 0 N–H and O–H groups in total. The smallest absolute Gasteiger partial charge is 0.261 e. The van der Waals surface area contributed by atoms with Crippen molar-refractivity contribution in [2.45, 2.75) is 19.9 Å². The topological polar surface area (TPSA) is 59.1 Å². The number of benzene rings is 2. The van der Waals surface area contributed by atoms with E-state index in [1.54, 1.807) is 16.9 Å². The molecule has 0 saturated carbocycles. The molecular formula is C21H24N2O4. The van der Waals surface area contributed by atoms with Crippen LogP contribution < -0.4 is 14.4 Å². The summed E-state index contributed by atoms with van der Waals surface area (Å²) in [6.07, 6.45) is 0. The molecule has 27 heavy (non-hydrogen) atoms. The lowest BCUT2D eigenvalue weighted by Gasteiger charge is -2.39. The highest BCUT2D eigenvalue weighted by Gasteiger charge is 2.33. The third kappa shape index (κ3) is 4.39. The van der Waals surface area contributed by atoms with Crippen LogP contribution in [0.3, 0.4) is 0 Å². The van der Waals surface area contributed by atoms with Crippen molar-refractivity contribution in [1.82, 2.24) is 4.90 Å². The van der Waals surface area contributed by atoms with Crippen molar-refractivity contribution in [3.05, 3.63) is 54.1 Å². The lowest BCUT2D eigenvalue weighted by atomic mass is 10.1. The molecule has 2 aromatic carbocycles. The number of nitrogens with zero attached hydrogens (tertiary/aromatic N) is 2. The van der Waals surface area contributed by atoms with Gasteiger partial charge in [-0.15, -0.1) is 0 Å². The van der Waals surface area contributed by atoms with Crippen LogP contribution in [-0.4, -0.2) is 49.6 Å². The number of aryl methyl sites for hydroxylation is 1. The summed E-state index contributed by atoms with van der Waals surface area (Å²) >= 11 is 0. The van der Waals surface area contributed by atoms with Gasteiger partial charge in [-0.3, -0.25) is 9.59 Å². The summed E-state index contributed by atoms with van der Waals surface area (Å²) in [4.78, 5) is 28.4. The van der Waals surface area contributed by atoms with Crippen LogP contribution in [0.2, 0.25) is 0 Å². The van der Waals surface area contributed by atoms with Crippen LogP contribution in [0.4, 0.5) is 5.69 Å². The standard InChI is InChI=1S/C21H24N2O4/c1-15-7-9-18(10-8-15)27-14-21(25)22-12-16(2)23(20(24)13-22)17-5-4-6-19(11-17)26-3/h4-11,16H,12-14H2,1-3H3. The number of rotatable bonds is 5. The summed E-state index contributed by atoms with van der Waals surface area (Å²) < 4.78 is 10.8. The molecule has 6 nitrogen and oxygen atoms in total. The molecule has 2 aromatic rings. The van der Waals surface area contributed by atoms with E-state index >= 15 is 0 Å². The van der Waals surface area contributed by atoms with E-state index in [2.05, 4.69) is 0 Å². The Morgan fingerprint density at radius 2 is 1.89 bits per heavy atom. The van der Waals surface area contributed by atoms with E-state index in [0.29, 0.717) is 18.0 Å². The van der Waals surface area contributed by atoms with E-state index in [9.17, 15) is 9.59 Å². The van der Waals surface area contributed by atoms with Crippen molar-refractivity contribution < 1.29 is 19.1 Å². The number of amides is 2. The maximum Gasteiger partial charge on any atom is 0.261 e. The van der Waals surface area contributed by atoms with Crippen molar-refractivity contribution >= 4 is 17.5 Å². The first-order valence-corrected chi connectivity index (χ1v) is 8.91. The van der Waals surface area contributed by atoms with Gasteiger partial charge in [-0.1, -0.05) is 23.8 Å². The minimum absolute atomic E-state index is 0.0393. The third-order valence-corrected chi connectivity index (χ3v) is 4.59. The minimum atomic E-state index is -0.193. The van der Waals surface area contributed by atoms with E-state index in [4.69, 9.17) is 9.47 Å². The number of ether oxygens (including phenoxy) is 2. The monoisotopic (exact) mass is 368 g/mol. The van der Waals surface area contributed by atoms with Crippen molar-refractivity contribution in [2.24, 2.45) is 0 Å². The average Bonchev–Trinajstić information content (AvgIpc) is 2.67. The highest BCUT2D eigenvalue weighted by molar-refractivity contribution is 5.98. The summed E-state index contributed by atoms with van der Waals surface area (Å²) in [6, 6.07) is 14.8. The van der Waals surface area contributed by atoms with Gasteiger partial charge in [-0.25, -0.2) is 0 Å². The molecule has 1 aliphatic heterocycles. The van der Waals surface area contributed by atoms with Gasteiger partial charge in [0, 0.05) is 18.3 Å². The van der Waals surface area contributed by atoms with Crippen LogP contribution in [-0.2, 0) is 9.59 Å². The first-order chi connectivity index (χ1) is 13.0. The molecule has 1 saturated heterocycles. The minimum Gasteiger partial charge on any atom is -0.497 e. The Morgan fingerprint density at radius 1 is 1.15 bits per heavy atom. The summed E-state index contributed by atoms with van der Waals surface area (Å²) in [5.41, 5.74) is 1.90. The van der Waals surface area contributed by atoms with Gasteiger partial charge in [-0.05, 0) is 38.1 Å². The molecule has 0 bridgehead atoms. The molecule has 2 amide bonds. The number of hydrogen-bond acceptors (Lipinski definition) is 4. The fraction of sp³-hybridized carbons (Fsp3) is 0.333. The molecule has 1 heterocycles. The van der Waals surface area contributed by atoms with E-state index in [0.717, 1.165) is 11.3 Å². The van der Waals surface area contributed by atoms with Crippen molar-refractivity contribution in [3.8, 4) is 11.5 Å². The number of methoxy groups -OCH3 is 1. The van der Waals surface area contributed by atoms with E-state index in [1.165, 1.54) is 0 Å². The highest BCUT2D eigenvalue weighted by Crippen LogP contribution is 2.25. The van der Waals surface area contributed by atoms with Crippen LogP contribution in [0.15, 0.2) is 48.5 Å². The number of hydrogen-bond donors (Lipinski definition) is 0. The second-order valence-corrected chi connectivity index (χ2v) is 6.69. The maximum atomic E-state index is 12.7. The van der Waals surface area contributed by atoms with Crippen molar-refractivity contribution in [3.63, 3.8) is 0 Å². The van der Waals surface area contributed by atoms with Crippen molar-refractivity contribution in [2.75, 3.05) is 31.7 Å². The number of anilines is 1. The maximum absolute atomic E-state index is 12.7. The molecule has 0 radical (unpaired) electrons. The number of carbonyl (C=O) groups is 2. The Hall–Kier alpha value is -3.02. The fourth-order valence-corrected chi connectivity index (χ4v) is 3.17. The van der Waals surface area contributed by atoms with Gasteiger partial charge in [0.05, 0.1) is 13.2 Å². The van der Waals surface area contributed by atoms with E-state index in [-0.39, 0.29) is 31.0 Å². The second kappa shape index (κ2) is 8.12. The van der Waals surface area contributed by atoms with Gasteiger partial charge < -0.3 is 19.3 Å². The lowest BCUT2D eigenvalue weighted by Crippen LogP contribution is -2.57. The molecule has 6 heteroatoms. The number of carbonyl (C=O) groups excluding carboxylic acids is 2. The summed E-state index contributed by atoms with van der Waals surface area (Å²) in [6.45, 7) is 4.33. The lowest BCUT2D eigenvalue weighted by molar-refractivity contribution is -0.139. The number of piperazine rings is 1. The van der Waals surface area contributed by atoms with E-state index in [1.807, 2.05) is 62.4 Å². The summed E-state index contributed by atoms with van der Waals surface area (Å²) in [7, 11) is 1.59. The van der Waals surface area contributed by atoms with Gasteiger partial charge in [-0.2, -0.15) is 0 Å². The molecule has 1 fully saturated rings. The molecule has 3 rings (SSSR count). The Labute approximate surface area is 159 Å². The quantitative estimate of drug-likeness (QED) is 0.814. The molecule has 0 spiro atoms. The average molecular weight is 368 g/mol. The Balaban J connectivity index is 1.62. The van der Waals surface area contributed by atoms with Crippen LogP contribution >= 0.6 is 0 Å².